The van der Waals surface area contributed by atoms with E-state index >= 15 is 0 Å². The van der Waals surface area contributed by atoms with Crippen LogP contribution in [0.25, 0.3) is 11.0 Å². The zero-order valence-electron chi connectivity index (χ0n) is 19.6. The summed E-state index contributed by atoms with van der Waals surface area (Å²) in [6.45, 7) is 5.57. The van der Waals surface area contributed by atoms with Crippen LogP contribution in [0.4, 0.5) is 0 Å². The number of carbonyl (C=O) groups is 3. The second-order valence-corrected chi connectivity index (χ2v) is 8.69. The van der Waals surface area contributed by atoms with E-state index in [0.29, 0.717) is 35.2 Å². The fourth-order valence-corrected chi connectivity index (χ4v) is 4.83. The van der Waals surface area contributed by atoms with Crippen LogP contribution in [0.1, 0.15) is 45.1 Å². The Morgan fingerprint density at radius 2 is 1.94 bits per heavy atom. The fourth-order valence-electron chi connectivity index (χ4n) is 4.83. The average molecular weight is 466 g/mol. The molecule has 1 N–H and O–H groups in total. The van der Waals surface area contributed by atoms with Crippen molar-refractivity contribution in [2.24, 2.45) is 11.8 Å². The molecule has 4 rings (SSSR count). The molecule has 0 radical (unpaired) electrons. The summed E-state index contributed by atoms with van der Waals surface area (Å²) in [7, 11) is 1.23. The zero-order valence-corrected chi connectivity index (χ0v) is 19.6. The summed E-state index contributed by atoms with van der Waals surface area (Å²) < 4.78 is 16.0. The minimum absolute atomic E-state index is 0.141. The summed E-state index contributed by atoms with van der Waals surface area (Å²) in [5.74, 6) is -4.13. The number of nitrogens with one attached hydrogen (secondary N) is 1. The maximum atomic E-state index is 13.7. The first-order valence-corrected chi connectivity index (χ1v) is 11.3. The van der Waals surface area contributed by atoms with Gasteiger partial charge in [-0.1, -0.05) is 26.0 Å². The Morgan fingerprint density at radius 1 is 1.21 bits per heavy atom. The molecule has 0 fully saturated rings. The third-order valence-corrected chi connectivity index (χ3v) is 6.42. The smallest absolute Gasteiger partial charge is 0.336 e. The minimum Gasteiger partial charge on any atom is -0.468 e. The highest BCUT2D eigenvalue weighted by molar-refractivity contribution is 6.12. The second kappa shape index (κ2) is 9.29. The number of Topliss-reactive ketones (excluding diaryl/α,β-unsaturated/α-hetero) is 1. The largest absolute Gasteiger partial charge is 0.468 e. The predicted octanol–water partition coefficient (Wildman–Crippen LogP) is 3.36. The Balaban J connectivity index is 1.95. The fraction of sp³-hybridized carbons (Fsp3) is 0.385. The van der Waals surface area contributed by atoms with Gasteiger partial charge in [-0.25, -0.2) is 4.79 Å². The number of ketones is 1. The van der Waals surface area contributed by atoms with Crippen LogP contribution in [0.3, 0.4) is 0 Å². The lowest BCUT2D eigenvalue weighted by Gasteiger charge is -2.37. The molecule has 8 nitrogen and oxygen atoms in total. The standard InChI is InChI=1S/C26H27NO7/c1-5-10-33-26(31)20-14(3)27-17-11-13(2)19(25(30)32-4)24(29)22(17)21(20)16-12-34-18-9-7-6-8-15(18)23(16)28/h6-9,12-13,19,21,27H,5,10-11H2,1-4H3/t13-,19+,21+/m1/s1. The van der Waals surface area contributed by atoms with E-state index in [1.165, 1.54) is 13.4 Å². The first-order valence-electron chi connectivity index (χ1n) is 11.3. The number of methoxy groups -OCH3 is 1. The molecule has 0 saturated heterocycles. The van der Waals surface area contributed by atoms with E-state index in [-0.39, 0.29) is 34.7 Å². The van der Waals surface area contributed by atoms with Crippen molar-refractivity contribution in [3.8, 4) is 0 Å². The summed E-state index contributed by atoms with van der Waals surface area (Å²) in [4.78, 5) is 52.9. The Bertz CT molecular complexity index is 1300. The molecule has 2 aromatic rings. The highest BCUT2D eigenvalue weighted by atomic mass is 16.5. The summed E-state index contributed by atoms with van der Waals surface area (Å²) in [5.41, 5.74) is 1.61. The predicted molar refractivity (Wildman–Crippen MR) is 124 cm³/mol. The number of fused-ring (bicyclic) bond motifs is 1. The van der Waals surface area contributed by atoms with E-state index in [4.69, 9.17) is 13.9 Å². The molecule has 0 spiro atoms. The number of para-hydroxylation sites is 1. The van der Waals surface area contributed by atoms with Gasteiger partial charge in [-0.3, -0.25) is 14.4 Å². The number of dihydropyridines is 1. The van der Waals surface area contributed by atoms with Crippen LogP contribution in [0.2, 0.25) is 0 Å². The molecule has 1 aromatic carbocycles. The average Bonchev–Trinajstić information content (AvgIpc) is 2.82. The molecule has 3 atom stereocenters. The molecule has 1 aliphatic heterocycles. The van der Waals surface area contributed by atoms with Crippen LogP contribution in [0, 0.1) is 11.8 Å². The van der Waals surface area contributed by atoms with Crippen molar-refractivity contribution in [2.45, 2.75) is 39.5 Å². The monoisotopic (exact) mass is 465 g/mol. The number of hydrogen-bond acceptors (Lipinski definition) is 8. The molecule has 2 heterocycles. The molecule has 0 unspecified atom stereocenters. The normalized spacial score (nSPS) is 22.4. The number of carbonyl (C=O) groups excluding carboxylic acids is 3. The lowest BCUT2D eigenvalue weighted by molar-refractivity contribution is -0.151. The number of rotatable bonds is 5. The third kappa shape index (κ3) is 3.83. The quantitative estimate of drug-likeness (QED) is 0.529. The van der Waals surface area contributed by atoms with Gasteiger partial charge in [0.2, 0.25) is 0 Å². The summed E-state index contributed by atoms with van der Waals surface area (Å²) >= 11 is 0. The molecule has 0 saturated carbocycles. The lowest BCUT2D eigenvalue weighted by atomic mass is 9.69. The van der Waals surface area contributed by atoms with Crippen molar-refractivity contribution in [1.82, 2.24) is 5.32 Å². The van der Waals surface area contributed by atoms with Crippen molar-refractivity contribution < 1.29 is 28.3 Å². The third-order valence-electron chi connectivity index (χ3n) is 6.42. The summed E-state index contributed by atoms with van der Waals surface area (Å²) in [6, 6.07) is 6.77. The molecular formula is C26H27NO7. The van der Waals surface area contributed by atoms with Gasteiger partial charge in [-0.05, 0) is 37.8 Å². The number of benzene rings is 1. The molecule has 1 aromatic heterocycles. The van der Waals surface area contributed by atoms with Crippen LogP contribution in [0.15, 0.2) is 62.3 Å². The summed E-state index contributed by atoms with van der Waals surface area (Å²) in [6.07, 6.45) is 2.29. The van der Waals surface area contributed by atoms with Gasteiger partial charge in [0, 0.05) is 22.5 Å². The number of ether oxygens (including phenoxy) is 2. The SMILES string of the molecule is CCCOC(=O)C1=C(C)NC2=C(C(=O)[C@@H](C(=O)OC)[C@H](C)C2)[C@H]1c1coc2ccccc2c1=O. The van der Waals surface area contributed by atoms with Crippen LogP contribution < -0.4 is 10.7 Å². The van der Waals surface area contributed by atoms with Crippen molar-refractivity contribution in [3.05, 3.63) is 68.9 Å². The zero-order chi connectivity index (χ0) is 24.6. The molecule has 8 heteroatoms. The summed E-state index contributed by atoms with van der Waals surface area (Å²) in [5, 5.41) is 3.51. The highest BCUT2D eigenvalue weighted by Gasteiger charge is 2.48. The number of allylic oxidation sites excluding steroid dienone is 3. The first kappa shape index (κ1) is 23.5. The Labute approximate surface area is 196 Å². The van der Waals surface area contributed by atoms with Gasteiger partial charge in [-0.2, -0.15) is 0 Å². The van der Waals surface area contributed by atoms with Gasteiger partial charge < -0.3 is 19.2 Å². The Morgan fingerprint density at radius 3 is 2.65 bits per heavy atom. The van der Waals surface area contributed by atoms with Gasteiger partial charge in [0.15, 0.2) is 11.2 Å². The maximum absolute atomic E-state index is 13.7. The molecule has 1 aliphatic carbocycles. The van der Waals surface area contributed by atoms with E-state index in [1.807, 2.05) is 6.92 Å². The van der Waals surface area contributed by atoms with Gasteiger partial charge in [0.05, 0.1) is 36.9 Å². The molecule has 0 amide bonds. The van der Waals surface area contributed by atoms with E-state index in [1.54, 1.807) is 38.1 Å². The van der Waals surface area contributed by atoms with Gasteiger partial charge >= 0.3 is 11.9 Å². The second-order valence-electron chi connectivity index (χ2n) is 8.69. The van der Waals surface area contributed by atoms with E-state index in [9.17, 15) is 19.2 Å². The van der Waals surface area contributed by atoms with Crippen molar-refractivity contribution in [2.75, 3.05) is 13.7 Å². The Hall–Kier alpha value is -3.68. The Kier molecular flexibility index (Phi) is 6.41. The number of esters is 2. The lowest BCUT2D eigenvalue weighted by Crippen LogP contribution is -2.44. The van der Waals surface area contributed by atoms with Crippen molar-refractivity contribution in [3.63, 3.8) is 0 Å². The van der Waals surface area contributed by atoms with Gasteiger partial charge in [0.1, 0.15) is 11.5 Å². The van der Waals surface area contributed by atoms with E-state index in [2.05, 4.69) is 5.32 Å². The van der Waals surface area contributed by atoms with E-state index in [0.717, 1.165) is 0 Å². The van der Waals surface area contributed by atoms with Crippen LogP contribution in [0.5, 0.6) is 0 Å². The van der Waals surface area contributed by atoms with Gasteiger partial charge in [0.25, 0.3) is 0 Å². The topological polar surface area (TPSA) is 112 Å². The maximum Gasteiger partial charge on any atom is 0.336 e. The molecule has 0 bridgehead atoms. The van der Waals surface area contributed by atoms with E-state index < -0.39 is 29.6 Å². The minimum atomic E-state index is -1.04. The first-order chi connectivity index (χ1) is 16.3. The number of hydrogen-bond donors (Lipinski definition) is 1. The molecular weight excluding hydrogens is 438 g/mol. The molecule has 178 valence electrons. The van der Waals surface area contributed by atoms with Crippen molar-refractivity contribution >= 4 is 28.7 Å². The highest BCUT2D eigenvalue weighted by Crippen LogP contribution is 2.45. The molecule has 2 aliphatic rings. The van der Waals surface area contributed by atoms with Crippen LogP contribution >= 0.6 is 0 Å². The van der Waals surface area contributed by atoms with Crippen molar-refractivity contribution in [1.29, 1.82) is 0 Å². The van der Waals surface area contributed by atoms with Crippen LogP contribution in [-0.2, 0) is 23.9 Å². The van der Waals surface area contributed by atoms with Gasteiger partial charge in [-0.15, -0.1) is 0 Å². The molecule has 34 heavy (non-hydrogen) atoms. The van der Waals surface area contributed by atoms with Crippen LogP contribution in [-0.4, -0.2) is 31.4 Å².